The monoisotopic (exact) mass is 172 g/mol. The molecule has 0 aliphatic carbocycles. The number of nitrogens with one attached hydrogen (secondary N) is 1. The van der Waals surface area contributed by atoms with Gasteiger partial charge in [-0.3, -0.25) is 4.79 Å². The second kappa shape index (κ2) is 4.74. The molecule has 4 nitrogen and oxygen atoms in total. The Morgan fingerprint density at radius 1 is 1.50 bits per heavy atom. The van der Waals surface area contributed by atoms with Crippen molar-refractivity contribution in [3.63, 3.8) is 0 Å². The zero-order valence-electron chi connectivity index (χ0n) is 7.59. The first kappa shape index (κ1) is 10.9. The molecule has 0 bridgehead atoms. The van der Waals surface area contributed by atoms with E-state index >= 15 is 0 Å². The van der Waals surface area contributed by atoms with E-state index in [1.165, 1.54) is 6.92 Å². The van der Waals surface area contributed by atoms with Crippen molar-refractivity contribution in [2.75, 3.05) is 0 Å². The summed E-state index contributed by atoms with van der Waals surface area (Å²) in [7, 11) is 0. The minimum Gasteiger partial charge on any atom is -0.548 e. The number of hydrogen-bond acceptors (Lipinski definition) is 3. The van der Waals surface area contributed by atoms with Crippen LogP contribution >= 0.6 is 0 Å². The average molecular weight is 172 g/mol. The third-order valence-corrected chi connectivity index (χ3v) is 1.83. The van der Waals surface area contributed by atoms with E-state index in [0.717, 1.165) is 0 Å². The quantitative estimate of drug-likeness (QED) is 0.609. The fourth-order valence-electron chi connectivity index (χ4n) is 0.888. The van der Waals surface area contributed by atoms with Crippen molar-refractivity contribution < 1.29 is 14.7 Å². The summed E-state index contributed by atoms with van der Waals surface area (Å²) in [5.41, 5.74) is 0. The Bertz CT molecular complexity index is 179. The fourth-order valence-corrected chi connectivity index (χ4v) is 0.888. The van der Waals surface area contributed by atoms with E-state index in [9.17, 15) is 14.7 Å². The highest BCUT2D eigenvalue weighted by Gasteiger charge is 2.17. The average Bonchev–Trinajstić information content (AvgIpc) is 1.98. The third-order valence-electron chi connectivity index (χ3n) is 1.83. The Labute approximate surface area is 72.0 Å². The van der Waals surface area contributed by atoms with Gasteiger partial charge in [0.25, 0.3) is 0 Å². The minimum absolute atomic E-state index is 0.0982. The molecule has 0 unspecified atom stereocenters. The summed E-state index contributed by atoms with van der Waals surface area (Å²) < 4.78 is 0. The minimum atomic E-state index is -1.22. The number of amides is 1. The highest BCUT2D eigenvalue weighted by atomic mass is 16.4. The number of carboxylic acids is 1. The molecule has 1 amide bonds. The highest BCUT2D eigenvalue weighted by Crippen LogP contribution is 2.06. The molecule has 0 saturated carbocycles. The molecule has 0 rings (SSSR count). The van der Waals surface area contributed by atoms with E-state index in [-0.39, 0.29) is 11.8 Å². The lowest BCUT2D eigenvalue weighted by atomic mass is 9.99. The van der Waals surface area contributed by atoms with Crippen molar-refractivity contribution in [2.45, 2.75) is 33.2 Å². The van der Waals surface area contributed by atoms with Crippen LogP contribution in [-0.4, -0.2) is 17.9 Å². The molecular formula is C8H14NO3-. The van der Waals surface area contributed by atoms with Gasteiger partial charge in [-0.25, -0.2) is 0 Å². The molecule has 0 heterocycles. The van der Waals surface area contributed by atoms with Gasteiger partial charge in [0.1, 0.15) is 0 Å². The van der Waals surface area contributed by atoms with E-state index in [1.54, 1.807) is 6.92 Å². The van der Waals surface area contributed by atoms with Crippen LogP contribution in [0.5, 0.6) is 0 Å². The van der Waals surface area contributed by atoms with E-state index in [2.05, 4.69) is 5.32 Å². The Balaban J connectivity index is 4.22. The standard InChI is InChI=1S/C8H15NO3/c1-4-5(2)7(8(11)12)9-6(3)10/h5,7H,4H2,1-3H3,(H,9,10)(H,11,12)/p-1/t5-,7-/m1/s1. The summed E-state index contributed by atoms with van der Waals surface area (Å²) in [4.78, 5) is 21.1. The predicted molar refractivity (Wildman–Crippen MR) is 42.1 cm³/mol. The first-order valence-electron chi connectivity index (χ1n) is 3.97. The number of carbonyl (C=O) groups is 2. The third kappa shape index (κ3) is 3.37. The number of aliphatic carboxylic acids is 1. The molecule has 70 valence electrons. The molecule has 4 heteroatoms. The van der Waals surface area contributed by atoms with Gasteiger partial charge in [0.2, 0.25) is 5.91 Å². The van der Waals surface area contributed by atoms with Crippen molar-refractivity contribution in [1.29, 1.82) is 0 Å². The number of rotatable bonds is 4. The van der Waals surface area contributed by atoms with Gasteiger partial charge in [-0.2, -0.15) is 0 Å². The zero-order valence-corrected chi connectivity index (χ0v) is 7.59. The van der Waals surface area contributed by atoms with Crippen LogP contribution < -0.4 is 10.4 Å². The van der Waals surface area contributed by atoms with Gasteiger partial charge in [0, 0.05) is 6.92 Å². The van der Waals surface area contributed by atoms with Crippen LogP contribution in [0.2, 0.25) is 0 Å². The first-order chi connectivity index (χ1) is 5.49. The summed E-state index contributed by atoms with van der Waals surface area (Å²) in [6.07, 6.45) is 0.693. The van der Waals surface area contributed by atoms with Gasteiger partial charge in [0.05, 0.1) is 12.0 Å². The van der Waals surface area contributed by atoms with Crippen LogP contribution in [0, 0.1) is 5.92 Å². The maximum Gasteiger partial charge on any atom is 0.217 e. The molecule has 0 fully saturated rings. The summed E-state index contributed by atoms with van der Waals surface area (Å²) in [6, 6.07) is -0.868. The predicted octanol–water partition coefficient (Wildman–Crippen LogP) is -0.713. The van der Waals surface area contributed by atoms with Crippen molar-refractivity contribution >= 4 is 11.9 Å². The molecule has 2 atom stereocenters. The van der Waals surface area contributed by atoms with E-state index < -0.39 is 12.0 Å². The molecular weight excluding hydrogens is 158 g/mol. The van der Waals surface area contributed by atoms with E-state index in [4.69, 9.17) is 0 Å². The molecule has 12 heavy (non-hydrogen) atoms. The SMILES string of the molecule is CC[C@@H](C)[C@@H](NC(C)=O)C(=O)[O-]. The van der Waals surface area contributed by atoms with E-state index in [0.29, 0.717) is 6.42 Å². The van der Waals surface area contributed by atoms with Crippen LogP contribution in [0.4, 0.5) is 0 Å². The lowest BCUT2D eigenvalue weighted by Gasteiger charge is -2.24. The molecule has 1 N–H and O–H groups in total. The van der Waals surface area contributed by atoms with Crippen LogP contribution in [0.1, 0.15) is 27.2 Å². The molecule has 0 aliphatic heterocycles. The maximum atomic E-state index is 10.6. The van der Waals surface area contributed by atoms with Gasteiger partial charge in [-0.05, 0) is 5.92 Å². The number of hydrogen-bond donors (Lipinski definition) is 1. The van der Waals surface area contributed by atoms with Crippen molar-refractivity contribution in [1.82, 2.24) is 5.32 Å². The molecule has 0 saturated heterocycles. The number of carboxylic acid groups (broad SMARTS) is 1. The first-order valence-corrected chi connectivity index (χ1v) is 3.97. The van der Waals surface area contributed by atoms with Crippen LogP contribution in [-0.2, 0) is 9.59 Å². The lowest BCUT2D eigenvalue weighted by Crippen LogP contribution is -2.50. The summed E-state index contributed by atoms with van der Waals surface area (Å²) in [6.45, 7) is 4.91. The Morgan fingerprint density at radius 2 is 2.00 bits per heavy atom. The van der Waals surface area contributed by atoms with Crippen molar-refractivity contribution in [2.24, 2.45) is 5.92 Å². The maximum absolute atomic E-state index is 10.6. The van der Waals surface area contributed by atoms with Crippen LogP contribution in [0.25, 0.3) is 0 Å². The van der Waals surface area contributed by atoms with Gasteiger partial charge in [-0.15, -0.1) is 0 Å². The van der Waals surface area contributed by atoms with E-state index in [1.807, 2.05) is 6.92 Å². The Kier molecular flexibility index (Phi) is 4.33. The van der Waals surface area contributed by atoms with Gasteiger partial charge < -0.3 is 15.2 Å². The smallest absolute Gasteiger partial charge is 0.217 e. The fraction of sp³-hybridized carbons (Fsp3) is 0.750. The van der Waals surface area contributed by atoms with Gasteiger partial charge in [0.15, 0.2) is 0 Å². The largest absolute Gasteiger partial charge is 0.548 e. The second-order valence-corrected chi connectivity index (χ2v) is 2.88. The summed E-state index contributed by atoms with van der Waals surface area (Å²) in [5, 5.41) is 12.8. The lowest BCUT2D eigenvalue weighted by molar-refractivity contribution is -0.309. The normalized spacial score (nSPS) is 14.9. The molecule has 0 aromatic rings. The summed E-state index contributed by atoms with van der Waals surface area (Å²) in [5.74, 6) is -1.66. The molecule has 0 radical (unpaired) electrons. The summed E-state index contributed by atoms with van der Waals surface area (Å²) >= 11 is 0. The topological polar surface area (TPSA) is 69.2 Å². The molecule has 0 spiro atoms. The van der Waals surface area contributed by atoms with Gasteiger partial charge >= 0.3 is 0 Å². The van der Waals surface area contributed by atoms with Crippen molar-refractivity contribution in [3.05, 3.63) is 0 Å². The van der Waals surface area contributed by atoms with Crippen LogP contribution in [0.3, 0.4) is 0 Å². The highest BCUT2D eigenvalue weighted by molar-refractivity contribution is 5.81. The Morgan fingerprint density at radius 3 is 2.25 bits per heavy atom. The van der Waals surface area contributed by atoms with Crippen LogP contribution in [0.15, 0.2) is 0 Å². The molecule has 0 aliphatic rings. The second-order valence-electron chi connectivity index (χ2n) is 2.88. The van der Waals surface area contributed by atoms with Crippen molar-refractivity contribution in [3.8, 4) is 0 Å². The molecule has 0 aromatic carbocycles. The Hall–Kier alpha value is -1.06. The van der Waals surface area contributed by atoms with Gasteiger partial charge in [-0.1, -0.05) is 20.3 Å². The number of carbonyl (C=O) groups excluding carboxylic acids is 2. The molecule has 0 aromatic heterocycles. The zero-order chi connectivity index (χ0) is 9.72.